The van der Waals surface area contributed by atoms with Crippen LogP contribution < -0.4 is 5.73 Å². The van der Waals surface area contributed by atoms with Gasteiger partial charge in [-0.1, -0.05) is 20.8 Å². The highest BCUT2D eigenvalue weighted by molar-refractivity contribution is 7.99. The summed E-state index contributed by atoms with van der Waals surface area (Å²) in [7, 11) is 0. The number of aliphatic imine (C=N–C) groups is 1. The van der Waals surface area contributed by atoms with Crippen molar-refractivity contribution in [3.63, 3.8) is 0 Å². The van der Waals surface area contributed by atoms with Crippen LogP contribution in [0, 0.1) is 5.92 Å². The minimum atomic E-state index is 0.611. The second-order valence-electron chi connectivity index (χ2n) is 2.86. The normalized spacial score (nSPS) is 12.5. The molecule has 11 heavy (non-hydrogen) atoms. The van der Waals surface area contributed by atoms with E-state index in [1.807, 2.05) is 11.8 Å². The molecule has 0 amide bonds. The minimum Gasteiger partial charge on any atom is -0.387 e. The number of hydrogen-bond donors (Lipinski definition) is 1. The summed E-state index contributed by atoms with van der Waals surface area (Å²) >= 11 is 1.81. The third kappa shape index (κ3) is 7.72. The van der Waals surface area contributed by atoms with E-state index in [1.54, 1.807) is 0 Å². The number of hydrogen-bond acceptors (Lipinski definition) is 2. The second-order valence-corrected chi connectivity index (χ2v) is 4.14. The molecule has 0 saturated heterocycles. The molecule has 0 bridgehead atoms. The van der Waals surface area contributed by atoms with Gasteiger partial charge >= 0.3 is 0 Å². The fourth-order valence-electron chi connectivity index (χ4n) is 0.552. The molecule has 2 nitrogen and oxygen atoms in total. The lowest BCUT2D eigenvalue weighted by atomic mass is 10.2. The predicted molar refractivity (Wildman–Crippen MR) is 54.3 cm³/mol. The predicted octanol–water partition coefficient (Wildman–Crippen LogP) is 1.75. The Balaban J connectivity index is 3.46. The number of thioether (sulfide) groups is 1. The van der Waals surface area contributed by atoms with Crippen LogP contribution in [0.1, 0.15) is 20.8 Å². The molecule has 0 spiro atoms. The highest BCUT2D eigenvalue weighted by Crippen LogP contribution is 1.98. The Labute approximate surface area is 73.7 Å². The molecule has 66 valence electrons. The van der Waals surface area contributed by atoms with Gasteiger partial charge in [0.05, 0.1) is 5.75 Å². The van der Waals surface area contributed by atoms with Crippen LogP contribution in [0.15, 0.2) is 4.99 Å². The Morgan fingerprint density at radius 2 is 2.18 bits per heavy atom. The van der Waals surface area contributed by atoms with E-state index in [-0.39, 0.29) is 0 Å². The Morgan fingerprint density at radius 1 is 1.55 bits per heavy atom. The van der Waals surface area contributed by atoms with Gasteiger partial charge in [-0.25, -0.2) is 0 Å². The molecule has 0 heterocycles. The van der Waals surface area contributed by atoms with Crippen molar-refractivity contribution in [2.45, 2.75) is 20.8 Å². The smallest absolute Gasteiger partial charge is 0.104 e. The van der Waals surface area contributed by atoms with Gasteiger partial charge in [0.15, 0.2) is 0 Å². The molecule has 3 heteroatoms. The third-order valence-electron chi connectivity index (χ3n) is 1.11. The zero-order valence-electron chi connectivity index (χ0n) is 7.63. The quantitative estimate of drug-likeness (QED) is 0.509. The molecule has 2 N–H and O–H groups in total. The largest absolute Gasteiger partial charge is 0.387 e. The van der Waals surface area contributed by atoms with Gasteiger partial charge in [-0.2, -0.15) is 11.8 Å². The van der Waals surface area contributed by atoms with Gasteiger partial charge in [0.2, 0.25) is 0 Å². The molecule has 0 fully saturated rings. The van der Waals surface area contributed by atoms with E-state index < -0.39 is 0 Å². The molecule has 0 rings (SSSR count). The Morgan fingerprint density at radius 3 is 2.64 bits per heavy atom. The summed E-state index contributed by atoms with van der Waals surface area (Å²) in [4.78, 5) is 4.23. The van der Waals surface area contributed by atoms with Crippen molar-refractivity contribution in [2.24, 2.45) is 16.6 Å². The highest BCUT2D eigenvalue weighted by atomic mass is 32.2. The number of amidine groups is 1. The third-order valence-corrected chi connectivity index (χ3v) is 2.02. The lowest BCUT2D eigenvalue weighted by molar-refractivity contribution is 0.665. The van der Waals surface area contributed by atoms with Crippen molar-refractivity contribution >= 4 is 17.6 Å². The summed E-state index contributed by atoms with van der Waals surface area (Å²) in [6.45, 7) is 7.27. The van der Waals surface area contributed by atoms with E-state index in [0.717, 1.165) is 23.9 Å². The number of nitrogens with two attached hydrogens (primary N) is 1. The maximum Gasteiger partial charge on any atom is 0.104 e. The first-order chi connectivity index (χ1) is 5.16. The van der Waals surface area contributed by atoms with Gasteiger partial charge in [0.25, 0.3) is 0 Å². The summed E-state index contributed by atoms with van der Waals surface area (Å²) in [5, 5.41) is 0. The second kappa shape index (κ2) is 6.53. The van der Waals surface area contributed by atoms with Crippen molar-refractivity contribution in [3.8, 4) is 0 Å². The maximum absolute atomic E-state index is 5.64. The fraction of sp³-hybridized carbons (Fsp3) is 0.875. The summed E-state index contributed by atoms with van der Waals surface area (Å²) in [5.41, 5.74) is 5.64. The van der Waals surface area contributed by atoms with Crippen LogP contribution in [0.3, 0.4) is 0 Å². The Kier molecular flexibility index (Phi) is 6.42. The van der Waals surface area contributed by atoms with Crippen LogP contribution in [0.25, 0.3) is 0 Å². The van der Waals surface area contributed by atoms with Gasteiger partial charge in [-0.3, -0.25) is 4.99 Å². The topological polar surface area (TPSA) is 38.4 Å². The molecule has 0 aromatic heterocycles. The summed E-state index contributed by atoms with van der Waals surface area (Å²) in [6, 6.07) is 0. The molecule has 0 aliphatic rings. The van der Waals surface area contributed by atoms with Gasteiger partial charge in [-0.15, -0.1) is 0 Å². The van der Waals surface area contributed by atoms with Crippen molar-refractivity contribution in [1.82, 2.24) is 0 Å². The molecular formula is C8H18N2S. The molecule has 0 aromatic carbocycles. The summed E-state index contributed by atoms with van der Waals surface area (Å²) in [5.74, 6) is 3.38. The Bertz CT molecular complexity index is 121. The van der Waals surface area contributed by atoms with Crippen LogP contribution in [-0.2, 0) is 0 Å². The van der Waals surface area contributed by atoms with Gasteiger partial charge in [-0.05, 0) is 11.7 Å². The van der Waals surface area contributed by atoms with Crippen LogP contribution in [0.4, 0.5) is 0 Å². The molecule has 0 atom stereocenters. The molecular weight excluding hydrogens is 156 g/mol. The molecule has 0 saturated carbocycles. The van der Waals surface area contributed by atoms with Gasteiger partial charge in [0.1, 0.15) is 5.84 Å². The molecule has 0 aliphatic carbocycles. The zero-order chi connectivity index (χ0) is 8.69. The van der Waals surface area contributed by atoms with Crippen molar-refractivity contribution in [1.29, 1.82) is 0 Å². The standard InChI is InChI=1S/C8H18N2S/c1-4-11-6-8(9)10-5-7(2)3/h7H,4-6H2,1-3H3,(H2,9,10). The summed E-state index contributed by atoms with van der Waals surface area (Å²) in [6.07, 6.45) is 0. The molecule has 0 aromatic rings. The minimum absolute atomic E-state index is 0.611. The van der Waals surface area contributed by atoms with Crippen LogP contribution in [0.2, 0.25) is 0 Å². The first-order valence-electron chi connectivity index (χ1n) is 4.03. The molecule has 0 aliphatic heterocycles. The maximum atomic E-state index is 5.64. The Hall–Kier alpha value is -0.180. The van der Waals surface area contributed by atoms with Crippen LogP contribution in [-0.4, -0.2) is 23.9 Å². The molecule has 0 radical (unpaired) electrons. The fourth-order valence-corrected chi connectivity index (χ4v) is 1.06. The first kappa shape index (κ1) is 10.8. The van der Waals surface area contributed by atoms with Crippen molar-refractivity contribution < 1.29 is 0 Å². The first-order valence-corrected chi connectivity index (χ1v) is 5.18. The number of rotatable bonds is 5. The van der Waals surface area contributed by atoms with Crippen molar-refractivity contribution in [3.05, 3.63) is 0 Å². The zero-order valence-corrected chi connectivity index (χ0v) is 8.45. The lowest BCUT2D eigenvalue weighted by Gasteiger charge is -2.01. The average molecular weight is 174 g/mol. The van der Waals surface area contributed by atoms with Gasteiger partial charge in [0, 0.05) is 6.54 Å². The monoisotopic (exact) mass is 174 g/mol. The number of nitrogens with zero attached hydrogens (tertiary/aromatic N) is 1. The average Bonchev–Trinajstić information content (AvgIpc) is 1.97. The van der Waals surface area contributed by atoms with Gasteiger partial charge < -0.3 is 5.73 Å². The van der Waals surface area contributed by atoms with Crippen LogP contribution in [0.5, 0.6) is 0 Å². The van der Waals surface area contributed by atoms with E-state index in [9.17, 15) is 0 Å². The SMILES string of the molecule is CCSCC(N)=NCC(C)C. The van der Waals surface area contributed by atoms with E-state index >= 15 is 0 Å². The molecule has 0 unspecified atom stereocenters. The van der Waals surface area contributed by atoms with Crippen molar-refractivity contribution in [2.75, 3.05) is 18.1 Å². The van der Waals surface area contributed by atoms with E-state index in [0.29, 0.717) is 5.92 Å². The van der Waals surface area contributed by atoms with E-state index in [1.165, 1.54) is 0 Å². The highest BCUT2D eigenvalue weighted by Gasteiger charge is 1.93. The summed E-state index contributed by atoms with van der Waals surface area (Å²) < 4.78 is 0. The lowest BCUT2D eigenvalue weighted by Crippen LogP contribution is -2.16. The van der Waals surface area contributed by atoms with E-state index in [4.69, 9.17) is 5.73 Å². The van der Waals surface area contributed by atoms with Crippen LogP contribution >= 0.6 is 11.8 Å². The van der Waals surface area contributed by atoms with E-state index in [2.05, 4.69) is 25.8 Å².